The Kier molecular flexibility index (Phi) is 4.37. The van der Waals surface area contributed by atoms with Crippen LogP contribution in [0.4, 0.5) is 0 Å². The van der Waals surface area contributed by atoms with Gasteiger partial charge in [-0.1, -0.05) is 18.2 Å². The van der Waals surface area contributed by atoms with Crippen LogP contribution in [-0.4, -0.2) is 28.3 Å². The molecule has 0 saturated carbocycles. The third-order valence-corrected chi connectivity index (χ3v) is 4.84. The highest BCUT2D eigenvalue weighted by molar-refractivity contribution is 7.13. The van der Waals surface area contributed by atoms with Crippen LogP contribution < -0.4 is 4.74 Å². The van der Waals surface area contributed by atoms with Crippen LogP contribution >= 0.6 is 11.3 Å². The first-order chi connectivity index (χ1) is 12.7. The Bertz CT molecular complexity index is 1070. The minimum absolute atomic E-state index is 0.117. The molecule has 2 aromatic carbocycles. The number of methoxy groups -OCH3 is 1. The fourth-order valence-electron chi connectivity index (χ4n) is 2.61. The second-order valence-electron chi connectivity index (χ2n) is 5.59. The fourth-order valence-corrected chi connectivity index (χ4v) is 3.44. The van der Waals surface area contributed by atoms with Crippen LogP contribution in [0.2, 0.25) is 0 Å². The number of H-pyrrole nitrogens is 1. The van der Waals surface area contributed by atoms with E-state index in [0.717, 1.165) is 27.2 Å². The quantitative estimate of drug-likeness (QED) is 0.540. The molecule has 0 bridgehead atoms. The molecule has 0 spiro atoms. The van der Waals surface area contributed by atoms with Crippen molar-refractivity contribution < 1.29 is 14.3 Å². The summed E-state index contributed by atoms with van der Waals surface area (Å²) < 4.78 is 10.8. The van der Waals surface area contributed by atoms with Crippen molar-refractivity contribution in [2.24, 2.45) is 0 Å². The highest BCUT2D eigenvalue weighted by Crippen LogP contribution is 2.32. The van der Waals surface area contributed by atoms with Crippen molar-refractivity contribution in [1.82, 2.24) is 15.2 Å². The molecule has 26 heavy (non-hydrogen) atoms. The van der Waals surface area contributed by atoms with Gasteiger partial charge in [-0.15, -0.1) is 11.3 Å². The number of ether oxygens (including phenoxy) is 2. The molecule has 0 amide bonds. The van der Waals surface area contributed by atoms with E-state index >= 15 is 0 Å². The van der Waals surface area contributed by atoms with E-state index in [4.69, 9.17) is 9.47 Å². The van der Waals surface area contributed by atoms with Gasteiger partial charge < -0.3 is 9.47 Å². The number of nitrogens with one attached hydrogen (secondary N) is 1. The molecular weight excluding hydrogens is 350 g/mol. The lowest BCUT2D eigenvalue weighted by Crippen LogP contribution is -2.05. The number of thiazole rings is 1. The van der Waals surface area contributed by atoms with E-state index in [1.165, 1.54) is 11.3 Å². The second-order valence-corrected chi connectivity index (χ2v) is 6.45. The van der Waals surface area contributed by atoms with Crippen molar-refractivity contribution in [1.29, 1.82) is 0 Å². The number of aromatic nitrogens is 3. The van der Waals surface area contributed by atoms with Crippen molar-refractivity contribution in [3.05, 3.63) is 65.3 Å². The Labute approximate surface area is 153 Å². The molecule has 7 heteroatoms. The predicted molar refractivity (Wildman–Crippen MR) is 99.3 cm³/mol. The molecule has 4 aromatic rings. The van der Waals surface area contributed by atoms with Gasteiger partial charge in [-0.3, -0.25) is 5.10 Å². The molecule has 6 nitrogen and oxygen atoms in total. The monoisotopic (exact) mass is 365 g/mol. The molecule has 4 rings (SSSR count). The Morgan fingerprint density at radius 3 is 3.00 bits per heavy atom. The fraction of sp³-hybridized carbons (Fsp3) is 0.105. The maximum atomic E-state index is 12.3. The molecule has 130 valence electrons. The normalized spacial score (nSPS) is 10.8. The summed E-state index contributed by atoms with van der Waals surface area (Å²) in [7, 11) is 1.63. The molecule has 0 radical (unpaired) electrons. The van der Waals surface area contributed by atoms with E-state index in [-0.39, 0.29) is 6.61 Å². The van der Waals surface area contributed by atoms with E-state index < -0.39 is 5.97 Å². The lowest BCUT2D eigenvalue weighted by atomic mass is 10.2. The van der Waals surface area contributed by atoms with Crippen molar-refractivity contribution in [3.63, 3.8) is 0 Å². The lowest BCUT2D eigenvalue weighted by Gasteiger charge is -2.05. The van der Waals surface area contributed by atoms with Gasteiger partial charge >= 0.3 is 5.97 Å². The number of rotatable bonds is 5. The highest BCUT2D eigenvalue weighted by atomic mass is 32.1. The molecule has 0 fully saturated rings. The molecule has 0 unspecified atom stereocenters. The summed E-state index contributed by atoms with van der Waals surface area (Å²) in [4.78, 5) is 16.8. The molecule has 0 aliphatic rings. The first-order valence-corrected chi connectivity index (χ1v) is 8.80. The summed E-state index contributed by atoms with van der Waals surface area (Å²) in [5.74, 6) is 0.367. The molecule has 1 N–H and O–H groups in total. The van der Waals surface area contributed by atoms with E-state index in [1.54, 1.807) is 25.4 Å². The summed E-state index contributed by atoms with van der Waals surface area (Å²) >= 11 is 1.49. The van der Waals surface area contributed by atoms with E-state index in [2.05, 4.69) is 15.2 Å². The zero-order chi connectivity index (χ0) is 17.9. The van der Waals surface area contributed by atoms with Crippen LogP contribution in [0, 0.1) is 0 Å². The number of benzene rings is 2. The summed E-state index contributed by atoms with van der Waals surface area (Å²) in [6.07, 6.45) is 1.71. The van der Waals surface area contributed by atoms with Crippen LogP contribution in [0.3, 0.4) is 0 Å². The number of nitrogens with zero attached hydrogens (tertiary/aromatic N) is 2. The summed E-state index contributed by atoms with van der Waals surface area (Å²) in [6, 6.07) is 13.0. The van der Waals surface area contributed by atoms with Gasteiger partial charge in [-0.2, -0.15) is 5.10 Å². The number of fused-ring (bicyclic) bond motifs is 1. The molecule has 2 heterocycles. The van der Waals surface area contributed by atoms with Crippen LogP contribution in [0.15, 0.2) is 54.0 Å². The van der Waals surface area contributed by atoms with Gasteiger partial charge in [0.1, 0.15) is 17.4 Å². The molecule has 0 aliphatic carbocycles. The maximum absolute atomic E-state index is 12.3. The van der Waals surface area contributed by atoms with Gasteiger partial charge in [0.15, 0.2) is 0 Å². The van der Waals surface area contributed by atoms with Gasteiger partial charge in [0.25, 0.3) is 0 Å². The largest absolute Gasteiger partial charge is 0.496 e. The summed E-state index contributed by atoms with van der Waals surface area (Å²) in [5, 5.41) is 10.4. The first kappa shape index (κ1) is 16.3. The van der Waals surface area contributed by atoms with E-state index in [1.807, 2.05) is 35.7 Å². The Morgan fingerprint density at radius 2 is 2.12 bits per heavy atom. The standard InChI is InChI=1S/C19H15N3O3S/c1-24-17-5-3-2-4-15(17)18-21-14(11-26-18)10-25-19(23)12-6-7-13-9-20-22-16(13)8-12/h2-9,11H,10H2,1H3,(H,20,22). The molecule has 0 saturated heterocycles. The van der Waals surface area contributed by atoms with E-state index in [0.29, 0.717) is 11.3 Å². The Hall–Kier alpha value is -3.19. The number of esters is 1. The second kappa shape index (κ2) is 6.97. The molecular formula is C19H15N3O3S. The maximum Gasteiger partial charge on any atom is 0.338 e. The number of aromatic amines is 1. The summed E-state index contributed by atoms with van der Waals surface area (Å²) in [6.45, 7) is 0.117. The van der Waals surface area contributed by atoms with E-state index in [9.17, 15) is 4.79 Å². The topological polar surface area (TPSA) is 77.1 Å². The minimum atomic E-state index is -0.395. The third kappa shape index (κ3) is 3.16. The average Bonchev–Trinajstić information content (AvgIpc) is 3.34. The van der Waals surface area contributed by atoms with Gasteiger partial charge in [-0.05, 0) is 24.3 Å². The van der Waals surface area contributed by atoms with Gasteiger partial charge in [-0.25, -0.2) is 9.78 Å². The Morgan fingerprint density at radius 1 is 1.23 bits per heavy atom. The number of hydrogen-bond donors (Lipinski definition) is 1. The van der Waals surface area contributed by atoms with Gasteiger partial charge in [0.2, 0.25) is 0 Å². The molecule has 2 aromatic heterocycles. The average molecular weight is 365 g/mol. The van der Waals surface area contributed by atoms with Gasteiger partial charge in [0.05, 0.1) is 35.6 Å². The highest BCUT2D eigenvalue weighted by Gasteiger charge is 2.13. The SMILES string of the molecule is COc1ccccc1-c1nc(COC(=O)c2ccc3cn[nH]c3c2)cs1. The van der Waals surface area contributed by atoms with Crippen LogP contribution in [0.25, 0.3) is 21.5 Å². The van der Waals surface area contributed by atoms with Gasteiger partial charge in [0, 0.05) is 10.8 Å². The predicted octanol–water partition coefficient (Wildman–Crippen LogP) is 4.05. The Balaban J connectivity index is 1.46. The third-order valence-electron chi connectivity index (χ3n) is 3.92. The zero-order valence-electron chi connectivity index (χ0n) is 13.9. The minimum Gasteiger partial charge on any atom is -0.496 e. The van der Waals surface area contributed by atoms with Crippen LogP contribution in [-0.2, 0) is 11.3 Å². The number of para-hydroxylation sites is 1. The van der Waals surface area contributed by atoms with Crippen molar-refractivity contribution in [2.45, 2.75) is 6.61 Å². The van der Waals surface area contributed by atoms with Crippen molar-refractivity contribution in [3.8, 4) is 16.3 Å². The van der Waals surface area contributed by atoms with Crippen molar-refractivity contribution >= 4 is 28.2 Å². The first-order valence-electron chi connectivity index (χ1n) is 7.92. The molecule has 0 atom stereocenters. The van der Waals surface area contributed by atoms with Crippen molar-refractivity contribution in [2.75, 3.05) is 7.11 Å². The smallest absolute Gasteiger partial charge is 0.338 e. The number of hydrogen-bond acceptors (Lipinski definition) is 6. The van der Waals surface area contributed by atoms with Crippen LogP contribution in [0.1, 0.15) is 16.1 Å². The lowest BCUT2D eigenvalue weighted by molar-refractivity contribution is 0.0468. The number of carbonyl (C=O) groups excluding carboxylic acids is 1. The molecule has 0 aliphatic heterocycles. The zero-order valence-corrected chi connectivity index (χ0v) is 14.7. The number of carbonyl (C=O) groups is 1. The van der Waals surface area contributed by atoms with Crippen LogP contribution in [0.5, 0.6) is 5.75 Å². The summed E-state index contributed by atoms with van der Waals surface area (Å²) in [5.41, 5.74) is 2.89.